The summed E-state index contributed by atoms with van der Waals surface area (Å²) in [6, 6.07) is 0. The number of hydrogen-bond acceptors (Lipinski definition) is 4. The normalized spacial score (nSPS) is 19.5. The van der Waals surface area contributed by atoms with Crippen LogP contribution in [0.1, 0.15) is 13.8 Å². The van der Waals surface area contributed by atoms with Gasteiger partial charge in [-0.3, -0.25) is 14.6 Å². The van der Waals surface area contributed by atoms with E-state index in [1.807, 2.05) is 4.90 Å². The summed E-state index contributed by atoms with van der Waals surface area (Å²) in [7, 11) is 1.34. The number of methoxy groups -OCH3 is 1. The average Bonchev–Trinajstić information content (AvgIpc) is 2.28. The minimum atomic E-state index is -4.15. The van der Waals surface area contributed by atoms with Crippen molar-refractivity contribution in [3.05, 3.63) is 0 Å². The fraction of sp³-hybridized carbons (Fsp3) is 0.917. The number of carbonyl (C=O) groups is 1. The van der Waals surface area contributed by atoms with Crippen LogP contribution < -0.4 is 0 Å². The Labute approximate surface area is 111 Å². The van der Waals surface area contributed by atoms with Crippen molar-refractivity contribution in [1.82, 2.24) is 9.80 Å². The van der Waals surface area contributed by atoms with Crippen LogP contribution in [0.25, 0.3) is 0 Å². The summed E-state index contributed by atoms with van der Waals surface area (Å²) in [6.45, 7) is 5.02. The summed E-state index contributed by atoms with van der Waals surface area (Å²) < 4.78 is 41.4. The van der Waals surface area contributed by atoms with E-state index in [1.54, 1.807) is 13.8 Å². The predicted molar refractivity (Wildman–Crippen MR) is 64.7 cm³/mol. The van der Waals surface area contributed by atoms with E-state index in [4.69, 9.17) is 4.74 Å². The summed E-state index contributed by atoms with van der Waals surface area (Å²) >= 11 is 0. The number of alkyl halides is 3. The van der Waals surface area contributed by atoms with Crippen LogP contribution in [0.4, 0.5) is 13.2 Å². The highest BCUT2D eigenvalue weighted by atomic mass is 19.4. The topological polar surface area (TPSA) is 32.8 Å². The maximum absolute atomic E-state index is 12.2. The van der Waals surface area contributed by atoms with Crippen molar-refractivity contribution >= 4 is 5.97 Å². The van der Waals surface area contributed by atoms with E-state index in [0.717, 1.165) is 0 Å². The lowest BCUT2D eigenvalue weighted by molar-refractivity contribution is -0.153. The average molecular weight is 282 g/mol. The third kappa shape index (κ3) is 5.36. The smallest absolute Gasteiger partial charge is 0.401 e. The lowest BCUT2D eigenvalue weighted by Crippen LogP contribution is -2.52. The number of piperazine rings is 1. The van der Waals surface area contributed by atoms with Crippen LogP contribution in [-0.4, -0.2) is 68.3 Å². The first-order chi connectivity index (χ1) is 8.64. The maximum Gasteiger partial charge on any atom is 0.401 e. The van der Waals surface area contributed by atoms with Crippen LogP contribution in [0.15, 0.2) is 0 Å². The quantitative estimate of drug-likeness (QED) is 0.729. The van der Waals surface area contributed by atoms with Crippen molar-refractivity contribution < 1.29 is 22.7 Å². The van der Waals surface area contributed by atoms with Crippen LogP contribution >= 0.6 is 0 Å². The summed E-state index contributed by atoms with van der Waals surface area (Å²) in [5.41, 5.74) is -0.638. The maximum atomic E-state index is 12.2. The molecule has 0 aromatic heterocycles. The molecule has 0 N–H and O–H groups in total. The van der Waals surface area contributed by atoms with Crippen LogP contribution in [0.2, 0.25) is 0 Å². The van der Waals surface area contributed by atoms with Gasteiger partial charge in [0.15, 0.2) is 0 Å². The molecule has 0 saturated carbocycles. The number of ether oxygens (including phenoxy) is 1. The molecule has 1 heterocycles. The van der Waals surface area contributed by atoms with Gasteiger partial charge in [-0.05, 0) is 13.8 Å². The molecule has 0 unspecified atom stereocenters. The number of nitrogens with zero attached hydrogens (tertiary/aromatic N) is 2. The van der Waals surface area contributed by atoms with Gasteiger partial charge in [0.1, 0.15) is 0 Å². The Morgan fingerprint density at radius 3 is 1.84 bits per heavy atom. The first-order valence-corrected chi connectivity index (χ1v) is 6.24. The van der Waals surface area contributed by atoms with E-state index in [1.165, 1.54) is 12.0 Å². The molecule has 1 aliphatic rings. The number of carbonyl (C=O) groups excluding carboxylic acids is 1. The first-order valence-electron chi connectivity index (χ1n) is 6.24. The highest BCUT2D eigenvalue weighted by Crippen LogP contribution is 2.21. The fourth-order valence-corrected chi connectivity index (χ4v) is 2.26. The van der Waals surface area contributed by atoms with Gasteiger partial charge >= 0.3 is 12.1 Å². The zero-order chi connectivity index (χ0) is 14.7. The first kappa shape index (κ1) is 16.2. The molecular weight excluding hydrogens is 261 g/mol. The highest BCUT2D eigenvalue weighted by molar-refractivity contribution is 5.76. The molecule has 4 nitrogen and oxygen atoms in total. The Kier molecular flexibility index (Phi) is 5.20. The molecule has 1 aliphatic heterocycles. The van der Waals surface area contributed by atoms with E-state index in [2.05, 4.69) is 0 Å². The molecule has 1 fully saturated rings. The standard InChI is InChI=1S/C12H21F3N2O2/c1-11(2,10(18)19-3)8-16-4-6-17(7-5-16)9-12(13,14)15/h4-9H2,1-3H3. The third-order valence-corrected chi connectivity index (χ3v) is 3.22. The van der Waals surface area contributed by atoms with Gasteiger partial charge < -0.3 is 4.74 Å². The van der Waals surface area contributed by atoms with E-state index in [9.17, 15) is 18.0 Å². The van der Waals surface area contributed by atoms with Crippen molar-refractivity contribution in [2.75, 3.05) is 46.4 Å². The summed E-state index contributed by atoms with van der Waals surface area (Å²) in [5, 5.41) is 0. The molecule has 7 heteroatoms. The molecule has 1 rings (SSSR count). The van der Waals surface area contributed by atoms with Crippen LogP contribution in [0.5, 0.6) is 0 Å². The molecule has 0 amide bonds. The summed E-state index contributed by atoms with van der Waals surface area (Å²) in [5.74, 6) is -0.301. The van der Waals surface area contributed by atoms with Crippen molar-refractivity contribution in [3.63, 3.8) is 0 Å². The molecule has 0 spiro atoms. The Balaban J connectivity index is 2.40. The van der Waals surface area contributed by atoms with E-state index in [0.29, 0.717) is 32.7 Å². The number of esters is 1. The van der Waals surface area contributed by atoms with Crippen molar-refractivity contribution in [2.45, 2.75) is 20.0 Å². The summed E-state index contributed by atoms with van der Waals surface area (Å²) in [6.07, 6.45) is -4.15. The van der Waals surface area contributed by atoms with Crippen molar-refractivity contribution in [1.29, 1.82) is 0 Å². The van der Waals surface area contributed by atoms with Crippen LogP contribution in [0, 0.1) is 5.41 Å². The second-order valence-corrected chi connectivity index (χ2v) is 5.54. The monoisotopic (exact) mass is 282 g/mol. The Morgan fingerprint density at radius 2 is 1.47 bits per heavy atom. The molecule has 0 radical (unpaired) electrons. The molecule has 0 atom stereocenters. The Hall–Kier alpha value is -0.820. The minimum Gasteiger partial charge on any atom is -0.469 e. The molecule has 112 valence electrons. The SMILES string of the molecule is COC(=O)C(C)(C)CN1CCN(CC(F)(F)F)CC1. The van der Waals surface area contributed by atoms with Gasteiger partial charge in [0.2, 0.25) is 0 Å². The van der Waals surface area contributed by atoms with Crippen molar-refractivity contribution in [2.24, 2.45) is 5.41 Å². The molecule has 0 aliphatic carbocycles. The predicted octanol–water partition coefficient (Wildman–Crippen LogP) is 1.37. The Morgan fingerprint density at radius 1 is 1.05 bits per heavy atom. The fourth-order valence-electron chi connectivity index (χ4n) is 2.26. The van der Waals surface area contributed by atoms with Gasteiger partial charge in [-0.1, -0.05) is 0 Å². The van der Waals surface area contributed by atoms with Gasteiger partial charge in [-0.15, -0.1) is 0 Å². The second kappa shape index (κ2) is 6.09. The number of halogens is 3. The Bertz CT molecular complexity index is 311. The summed E-state index contributed by atoms with van der Waals surface area (Å²) in [4.78, 5) is 14.9. The zero-order valence-electron chi connectivity index (χ0n) is 11.6. The molecule has 0 aromatic carbocycles. The van der Waals surface area contributed by atoms with Gasteiger partial charge in [0.05, 0.1) is 19.1 Å². The van der Waals surface area contributed by atoms with Gasteiger partial charge in [-0.2, -0.15) is 13.2 Å². The van der Waals surface area contributed by atoms with Gasteiger partial charge in [0.25, 0.3) is 0 Å². The van der Waals surface area contributed by atoms with E-state index in [-0.39, 0.29) is 5.97 Å². The number of rotatable bonds is 4. The molecule has 0 bridgehead atoms. The van der Waals surface area contributed by atoms with Crippen molar-refractivity contribution in [3.8, 4) is 0 Å². The van der Waals surface area contributed by atoms with Gasteiger partial charge in [-0.25, -0.2) is 0 Å². The lowest BCUT2D eigenvalue weighted by Gasteiger charge is -2.38. The van der Waals surface area contributed by atoms with Gasteiger partial charge in [0, 0.05) is 32.7 Å². The molecule has 1 saturated heterocycles. The number of hydrogen-bond donors (Lipinski definition) is 0. The lowest BCUT2D eigenvalue weighted by atomic mass is 9.92. The van der Waals surface area contributed by atoms with Crippen LogP contribution in [-0.2, 0) is 9.53 Å². The molecular formula is C12H21F3N2O2. The van der Waals surface area contributed by atoms with E-state index >= 15 is 0 Å². The molecule has 0 aromatic rings. The molecule has 19 heavy (non-hydrogen) atoms. The third-order valence-electron chi connectivity index (χ3n) is 3.22. The highest BCUT2D eigenvalue weighted by Gasteiger charge is 2.35. The zero-order valence-corrected chi connectivity index (χ0v) is 11.6. The van der Waals surface area contributed by atoms with Crippen LogP contribution in [0.3, 0.4) is 0 Å². The van der Waals surface area contributed by atoms with E-state index < -0.39 is 18.1 Å². The largest absolute Gasteiger partial charge is 0.469 e. The second-order valence-electron chi connectivity index (χ2n) is 5.54. The minimum absolute atomic E-state index is 0.301.